The molecule has 2 fully saturated rings. The second-order valence-corrected chi connectivity index (χ2v) is 8.36. The Labute approximate surface area is 134 Å². The van der Waals surface area contributed by atoms with E-state index in [0.29, 0.717) is 11.8 Å². The third-order valence-corrected chi connectivity index (χ3v) is 7.32. The van der Waals surface area contributed by atoms with E-state index in [2.05, 4.69) is 57.3 Å². The van der Waals surface area contributed by atoms with Crippen molar-refractivity contribution in [1.82, 2.24) is 5.32 Å². The van der Waals surface area contributed by atoms with E-state index in [4.69, 9.17) is 0 Å². The first-order chi connectivity index (χ1) is 10.3. The van der Waals surface area contributed by atoms with Crippen molar-refractivity contribution < 1.29 is 4.79 Å². The maximum absolute atomic E-state index is 13.0. The number of fused-ring (bicyclic) bond motifs is 2. The van der Waals surface area contributed by atoms with Crippen molar-refractivity contribution in [3.05, 3.63) is 35.9 Å². The maximum atomic E-state index is 13.0. The summed E-state index contributed by atoms with van der Waals surface area (Å²) in [6.45, 7) is 10.1. The quantitative estimate of drug-likeness (QED) is 0.887. The molecule has 0 heterocycles. The number of nitrogens with one attached hydrogen (secondary N) is 1. The first-order valence-corrected chi connectivity index (χ1v) is 8.63. The van der Waals surface area contributed by atoms with Crippen LogP contribution in [0.25, 0.3) is 0 Å². The Balaban J connectivity index is 1.67. The summed E-state index contributed by atoms with van der Waals surface area (Å²) >= 11 is 0. The molecule has 2 heteroatoms. The Morgan fingerprint density at radius 1 is 1.18 bits per heavy atom. The molecule has 1 amide bonds. The van der Waals surface area contributed by atoms with Gasteiger partial charge in [0.2, 0.25) is 5.91 Å². The summed E-state index contributed by atoms with van der Waals surface area (Å²) in [7, 11) is 0. The van der Waals surface area contributed by atoms with Crippen molar-refractivity contribution in [1.29, 1.82) is 0 Å². The van der Waals surface area contributed by atoms with E-state index in [9.17, 15) is 4.79 Å². The summed E-state index contributed by atoms with van der Waals surface area (Å²) in [5.74, 6) is 0.990. The van der Waals surface area contributed by atoms with Crippen LogP contribution in [-0.2, 0) is 11.2 Å². The van der Waals surface area contributed by atoms with E-state index in [1.54, 1.807) is 0 Å². The normalized spacial score (nSPS) is 31.2. The largest absolute Gasteiger partial charge is 0.355 e. The van der Waals surface area contributed by atoms with E-state index < -0.39 is 0 Å². The van der Waals surface area contributed by atoms with E-state index >= 15 is 0 Å². The highest BCUT2D eigenvalue weighted by Crippen LogP contribution is 2.72. The summed E-state index contributed by atoms with van der Waals surface area (Å²) < 4.78 is 0. The van der Waals surface area contributed by atoms with Crippen molar-refractivity contribution >= 4 is 5.91 Å². The molecule has 1 aromatic carbocycles. The Bertz CT molecular complexity index is 560. The van der Waals surface area contributed by atoms with Crippen molar-refractivity contribution in [3.63, 3.8) is 0 Å². The van der Waals surface area contributed by atoms with Gasteiger partial charge in [0.15, 0.2) is 0 Å². The second-order valence-electron chi connectivity index (χ2n) is 8.36. The lowest BCUT2D eigenvalue weighted by Gasteiger charge is -2.50. The fourth-order valence-corrected chi connectivity index (χ4v) is 4.98. The third-order valence-electron chi connectivity index (χ3n) is 7.32. The topological polar surface area (TPSA) is 29.1 Å². The van der Waals surface area contributed by atoms with Crippen molar-refractivity contribution in [2.45, 2.75) is 53.4 Å². The van der Waals surface area contributed by atoms with Crippen LogP contribution in [0, 0.1) is 22.2 Å². The Hall–Kier alpha value is -1.31. The van der Waals surface area contributed by atoms with E-state index in [-0.39, 0.29) is 16.2 Å². The molecule has 0 spiro atoms. The zero-order chi connectivity index (χ0) is 16.0. The lowest BCUT2D eigenvalue weighted by atomic mass is 9.54. The summed E-state index contributed by atoms with van der Waals surface area (Å²) in [6, 6.07) is 10.4. The fourth-order valence-electron chi connectivity index (χ4n) is 4.98. The molecule has 0 saturated heterocycles. The van der Waals surface area contributed by atoms with Gasteiger partial charge in [0, 0.05) is 6.54 Å². The summed E-state index contributed by atoms with van der Waals surface area (Å²) in [4.78, 5) is 13.0. The van der Waals surface area contributed by atoms with Crippen LogP contribution in [0.3, 0.4) is 0 Å². The van der Waals surface area contributed by atoms with Gasteiger partial charge in [-0.15, -0.1) is 0 Å². The molecule has 1 aromatic rings. The van der Waals surface area contributed by atoms with Gasteiger partial charge in [-0.1, -0.05) is 58.0 Å². The molecule has 120 valence electrons. The van der Waals surface area contributed by atoms with Gasteiger partial charge in [0.1, 0.15) is 0 Å². The van der Waals surface area contributed by atoms with Gasteiger partial charge < -0.3 is 5.32 Å². The van der Waals surface area contributed by atoms with E-state index in [1.165, 1.54) is 12.0 Å². The summed E-state index contributed by atoms with van der Waals surface area (Å²) in [5, 5.41) is 3.25. The number of rotatable bonds is 4. The van der Waals surface area contributed by atoms with E-state index in [1.807, 2.05) is 6.07 Å². The molecular weight excluding hydrogens is 270 g/mol. The molecule has 2 saturated carbocycles. The highest BCUT2D eigenvalue weighted by atomic mass is 16.2. The molecular formula is C20H29NO. The van der Waals surface area contributed by atoms with Gasteiger partial charge in [-0.2, -0.15) is 0 Å². The van der Waals surface area contributed by atoms with Crippen LogP contribution < -0.4 is 5.32 Å². The number of amides is 1. The SMILES string of the molecule is CC1(C)C2CCC(C(=O)NCCc3ccccc3)(C2)C1(C)C. The minimum atomic E-state index is -0.155. The molecule has 2 aliphatic rings. The van der Waals surface area contributed by atoms with E-state index in [0.717, 1.165) is 25.8 Å². The number of benzene rings is 1. The number of hydrogen-bond acceptors (Lipinski definition) is 1. The molecule has 22 heavy (non-hydrogen) atoms. The zero-order valence-electron chi connectivity index (χ0n) is 14.4. The molecule has 2 unspecified atom stereocenters. The number of hydrogen-bond donors (Lipinski definition) is 1. The maximum Gasteiger partial charge on any atom is 0.226 e. The third kappa shape index (κ3) is 2.03. The van der Waals surface area contributed by atoms with Crippen LogP contribution in [0.2, 0.25) is 0 Å². The monoisotopic (exact) mass is 299 g/mol. The van der Waals surface area contributed by atoms with Crippen molar-refractivity contribution in [2.75, 3.05) is 6.54 Å². The Morgan fingerprint density at radius 2 is 1.86 bits per heavy atom. The average Bonchev–Trinajstić information content (AvgIpc) is 3.00. The Morgan fingerprint density at radius 3 is 2.45 bits per heavy atom. The highest BCUT2D eigenvalue weighted by molar-refractivity contribution is 5.84. The fraction of sp³-hybridized carbons (Fsp3) is 0.650. The second kappa shape index (κ2) is 5.11. The summed E-state index contributed by atoms with van der Waals surface area (Å²) in [5.41, 5.74) is 1.45. The zero-order valence-corrected chi connectivity index (χ0v) is 14.4. The number of carbonyl (C=O) groups excluding carboxylic acids is 1. The first kappa shape index (κ1) is 15.6. The minimum absolute atomic E-state index is 0.0692. The molecule has 2 atom stereocenters. The van der Waals surface area contributed by atoms with Gasteiger partial charge in [0.05, 0.1) is 5.41 Å². The van der Waals surface area contributed by atoms with Gasteiger partial charge >= 0.3 is 0 Å². The van der Waals surface area contributed by atoms with Gasteiger partial charge in [0.25, 0.3) is 0 Å². The van der Waals surface area contributed by atoms with Crippen molar-refractivity contribution in [3.8, 4) is 0 Å². The van der Waals surface area contributed by atoms with Crippen LogP contribution >= 0.6 is 0 Å². The lowest BCUT2D eigenvalue weighted by molar-refractivity contribution is -0.141. The molecule has 0 aliphatic heterocycles. The first-order valence-electron chi connectivity index (χ1n) is 8.63. The minimum Gasteiger partial charge on any atom is -0.355 e. The highest BCUT2D eigenvalue weighted by Gasteiger charge is 2.69. The standard InChI is InChI=1S/C20H29NO/c1-18(2)16-10-12-20(14-16,19(18,3)4)17(22)21-13-11-15-8-6-5-7-9-15/h5-9,16H,10-14H2,1-4H3,(H,21,22). The molecule has 0 aromatic heterocycles. The lowest BCUT2D eigenvalue weighted by Crippen LogP contribution is -2.52. The van der Waals surface area contributed by atoms with Gasteiger partial charge in [-0.25, -0.2) is 0 Å². The molecule has 2 aliphatic carbocycles. The predicted molar refractivity (Wildman–Crippen MR) is 90.5 cm³/mol. The van der Waals surface area contributed by atoms with Crippen molar-refractivity contribution in [2.24, 2.45) is 22.2 Å². The average molecular weight is 299 g/mol. The van der Waals surface area contributed by atoms with Crippen LogP contribution in [0.1, 0.15) is 52.5 Å². The predicted octanol–water partition coefficient (Wildman–Crippen LogP) is 4.20. The van der Waals surface area contributed by atoms with Gasteiger partial charge in [-0.05, 0) is 48.0 Å². The Kier molecular flexibility index (Phi) is 3.62. The smallest absolute Gasteiger partial charge is 0.226 e. The van der Waals surface area contributed by atoms with Gasteiger partial charge in [-0.3, -0.25) is 4.79 Å². The number of carbonyl (C=O) groups is 1. The van der Waals surface area contributed by atoms with Crippen LogP contribution in [0.15, 0.2) is 30.3 Å². The molecule has 2 bridgehead atoms. The molecule has 0 radical (unpaired) electrons. The molecule has 1 N–H and O–H groups in total. The van der Waals surface area contributed by atoms with Crippen LogP contribution in [0.4, 0.5) is 0 Å². The molecule has 2 nitrogen and oxygen atoms in total. The van der Waals surface area contributed by atoms with Crippen LogP contribution in [-0.4, -0.2) is 12.5 Å². The summed E-state index contributed by atoms with van der Waals surface area (Å²) in [6.07, 6.45) is 4.26. The molecule has 3 rings (SSSR count). The van der Waals surface area contributed by atoms with Crippen LogP contribution in [0.5, 0.6) is 0 Å².